The van der Waals surface area contributed by atoms with Crippen molar-refractivity contribution in [1.82, 2.24) is 5.32 Å². The van der Waals surface area contributed by atoms with E-state index in [4.69, 9.17) is 10.5 Å². The van der Waals surface area contributed by atoms with Gasteiger partial charge in [0.2, 0.25) is 0 Å². The van der Waals surface area contributed by atoms with Crippen molar-refractivity contribution in [3.8, 4) is 5.75 Å². The van der Waals surface area contributed by atoms with Gasteiger partial charge in [-0.3, -0.25) is 0 Å². The number of rotatable bonds is 4. The van der Waals surface area contributed by atoms with Crippen LogP contribution in [0.4, 0.5) is 5.69 Å². The van der Waals surface area contributed by atoms with Crippen LogP contribution in [0.2, 0.25) is 0 Å². The average molecular weight is 206 g/mol. The lowest BCUT2D eigenvalue weighted by Gasteiger charge is -2.26. The van der Waals surface area contributed by atoms with Crippen LogP contribution in [0.1, 0.15) is 24.8 Å². The fourth-order valence-corrected chi connectivity index (χ4v) is 1.77. The second-order valence-electron chi connectivity index (χ2n) is 4.09. The maximum atomic E-state index is 5.83. The van der Waals surface area contributed by atoms with Gasteiger partial charge >= 0.3 is 0 Å². The van der Waals surface area contributed by atoms with E-state index in [-0.39, 0.29) is 0 Å². The van der Waals surface area contributed by atoms with E-state index < -0.39 is 0 Å². The number of hydrogen-bond acceptors (Lipinski definition) is 3. The second kappa shape index (κ2) is 4.53. The first-order chi connectivity index (χ1) is 7.29. The molecule has 1 aliphatic carbocycles. The van der Waals surface area contributed by atoms with Crippen molar-refractivity contribution >= 4 is 5.69 Å². The maximum Gasteiger partial charge on any atom is 0.141 e. The Hall–Kier alpha value is -1.22. The van der Waals surface area contributed by atoms with E-state index in [1.165, 1.54) is 24.8 Å². The zero-order valence-electron chi connectivity index (χ0n) is 9.12. The van der Waals surface area contributed by atoms with Crippen molar-refractivity contribution in [3.05, 3.63) is 23.8 Å². The van der Waals surface area contributed by atoms with Gasteiger partial charge in [0.1, 0.15) is 5.75 Å². The van der Waals surface area contributed by atoms with Gasteiger partial charge in [-0.05, 0) is 30.5 Å². The lowest BCUT2D eigenvalue weighted by atomic mass is 9.93. The Bertz CT molecular complexity index is 334. The molecule has 0 heterocycles. The van der Waals surface area contributed by atoms with Crippen LogP contribution in [0.3, 0.4) is 0 Å². The minimum Gasteiger partial charge on any atom is -0.495 e. The summed E-state index contributed by atoms with van der Waals surface area (Å²) >= 11 is 0. The highest BCUT2D eigenvalue weighted by molar-refractivity contribution is 5.54. The van der Waals surface area contributed by atoms with Crippen LogP contribution in [-0.4, -0.2) is 13.2 Å². The van der Waals surface area contributed by atoms with Gasteiger partial charge in [-0.1, -0.05) is 12.5 Å². The van der Waals surface area contributed by atoms with Gasteiger partial charge in [0, 0.05) is 12.6 Å². The van der Waals surface area contributed by atoms with Crippen molar-refractivity contribution in [3.63, 3.8) is 0 Å². The van der Waals surface area contributed by atoms with E-state index in [0.29, 0.717) is 11.7 Å². The number of nitrogen functional groups attached to an aromatic ring is 1. The van der Waals surface area contributed by atoms with Gasteiger partial charge in [0.25, 0.3) is 0 Å². The molecule has 1 aromatic carbocycles. The molecular weight excluding hydrogens is 188 g/mol. The van der Waals surface area contributed by atoms with Gasteiger partial charge in [0.15, 0.2) is 0 Å². The minimum absolute atomic E-state index is 0.713. The Kier molecular flexibility index (Phi) is 3.11. The third-order valence-corrected chi connectivity index (χ3v) is 2.99. The molecule has 0 unspecified atom stereocenters. The summed E-state index contributed by atoms with van der Waals surface area (Å²) in [6, 6.07) is 6.67. The Morgan fingerprint density at radius 1 is 1.47 bits per heavy atom. The number of nitrogens with one attached hydrogen (secondary N) is 1. The summed E-state index contributed by atoms with van der Waals surface area (Å²) in [5, 5.41) is 3.50. The molecule has 3 nitrogen and oxygen atoms in total. The molecule has 3 N–H and O–H groups in total. The zero-order valence-corrected chi connectivity index (χ0v) is 9.12. The van der Waals surface area contributed by atoms with E-state index in [1.54, 1.807) is 7.11 Å². The summed E-state index contributed by atoms with van der Waals surface area (Å²) < 4.78 is 5.11. The molecular formula is C12H18N2O. The van der Waals surface area contributed by atoms with E-state index in [1.807, 2.05) is 12.1 Å². The van der Waals surface area contributed by atoms with Gasteiger partial charge in [-0.2, -0.15) is 0 Å². The van der Waals surface area contributed by atoms with Gasteiger partial charge in [-0.25, -0.2) is 0 Å². The molecule has 2 rings (SSSR count). The van der Waals surface area contributed by atoms with Crippen LogP contribution in [0.15, 0.2) is 18.2 Å². The number of methoxy groups -OCH3 is 1. The van der Waals surface area contributed by atoms with Crippen molar-refractivity contribution in [2.75, 3.05) is 12.8 Å². The lowest BCUT2D eigenvalue weighted by Crippen LogP contribution is -2.34. The molecule has 0 spiro atoms. The first-order valence-electron chi connectivity index (χ1n) is 5.45. The number of benzene rings is 1. The van der Waals surface area contributed by atoms with E-state index in [9.17, 15) is 0 Å². The molecule has 0 amide bonds. The SMILES string of the molecule is COc1ccc(CNC2CCC2)cc1N. The van der Waals surface area contributed by atoms with Gasteiger partial charge in [0.05, 0.1) is 12.8 Å². The number of anilines is 1. The molecule has 1 aliphatic rings. The van der Waals surface area contributed by atoms with Crippen LogP contribution in [0.5, 0.6) is 5.75 Å². The monoisotopic (exact) mass is 206 g/mol. The standard InChI is InChI=1S/C12H18N2O/c1-15-12-6-5-9(7-11(12)13)8-14-10-3-2-4-10/h5-7,10,14H,2-4,8,13H2,1H3. The van der Waals surface area contributed by atoms with E-state index in [0.717, 1.165) is 12.3 Å². The molecule has 1 aromatic rings. The summed E-state index contributed by atoms with van der Waals surface area (Å²) in [6.07, 6.45) is 3.99. The highest BCUT2D eigenvalue weighted by atomic mass is 16.5. The summed E-state index contributed by atoms with van der Waals surface area (Å²) in [7, 11) is 1.64. The second-order valence-corrected chi connectivity index (χ2v) is 4.09. The van der Waals surface area contributed by atoms with Crippen molar-refractivity contribution in [2.24, 2.45) is 0 Å². The summed E-state index contributed by atoms with van der Waals surface area (Å²) in [5.74, 6) is 0.752. The smallest absolute Gasteiger partial charge is 0.141 e. The Labute approximate surface area is 90.6 Å². The van der Waals surface area contributed by atoms with Gasteiger partial charge in [-0.15, -0.1) is 0 Å². The first kappa shape index (κ1) is 10.3. The third kappa shape index (κ3) is 2.42. The van der Waals surface area contributed by atoms with E-state index in [2.05, 4.69) is 11.4 Å². The molecule has 1 saturated carbocycles. The quantitative estimate of drug-likeness (QED) is 0.740. The predicted molar refractivity (Wildman–Crippen MR) is 61.9 cm³/mol. The van der Waals surface area contributed by atoms with Crippen LogP contribution in [0.25, 0.3) is 0 Å². The van der Waals surface area contributed by atoms with Crippen LogP contribution in [0, 0.1) is 0 Å². The highest BCUT2D eigenvalue weighted by Gasteiger charge is 2.16. The molecule has 0 radical (unpaired) electrons. The van der Waals surface area contributed by atoms with E-state index >= 15 is 0 Å². The Morgan fingerprint density at radius 2 is 2.27 bits per heavy atom. The summed E-state index contributed by atoms with van der Waals surface area (Å²) in [6.45, 7) is 0.902. The molecule has 3 heteroatoms. The third-order valence-electron chi connectivity index (χ3n) is 2.99. The Balaban J connectivity index is 1.93. The summed E-state index contributed by atoms with van der Waals surface area (Å²) in [5.41, 5.74) is 7.77. The van der Waals surface area contributed by atoms with Crippen LogP contribution >= 0.6 is 0 Å². The largest absolute Gasteiger partial charge is 0.495 e. The lowest BCUT2D eigenvalue weighted by molar-refractivity contribution is 0.338. The molecule has 0 aliphatic heterocycles. The van der Waals surface area contributed by atoms with Crippen molar-refractivity contribution in [2.45, 2.75) is 31.8 Å². The van der Waals surface area contributed by atoms with Crippen LogP contribution < -0.4 is 15.8 Å². The molecule has 1 fully saturated rings. The number of hydrogen-bond donors (Lipinski definition) is 2. The molecule has 0 aromatic heterocycles. The Morgan fingerprint density at radius 3 is 2.80 bits per heavy atom. The normalized spacial score (nSPS) is 16.1. The van der Waals surface area contributed by atoms with Crippen LogP contribution in [-0.2, 0) is 6.54 Å². The molecule has 82 valence electrons. The minimum atomic E-state index is 0.713. The molecule has 0 bridgehead atoms. The number of nitrogens with two attached hydrogens (primary N) is 1. The fourth-order valence-electron chi connectivity index (χ4n) is 1.77. The molecule has 0 atom stereocenters. The van der Waals surface area contributed by atoms with Crippen molar-refractivity contribution < 1.29 is 4.74 Å². The number of ether oxygens (including phenoxy) is 1. The van der Waals surface area contributed by atoms with Crippen molar-refractivity contribution in [1.29, 1.82) is 0 Å². The first-order valence-corrected chi connectivity index (χ1v) is 5.45. The van der Waals surface area contributed by atoms with Gasteiger partial charge < -0.3 is 15.8 Å². The molecule has 0 saturated heterocycles. The predicted octanol–water partition coefficient (Wildman–Crippen LogP) is 1.92. The zero-order chi connectivity index (χ0) is 10.7. The summed E-state index contributed by atoms with van der Waals surface area (Å²) in [4.78, 5) is 0. The maximum absolute atomic E-state index is 5.83. The average Bonchev–Trinajstić information content (AvgIpc) is 2.16. The molecule has 15 heavy (non-hydrogen) atoms. The fraction of sp³-hybridized carbons (Fsp3) is 0.500. The topological polar surface area (TPSA) is 47.3 Å². The highest BCUT2D eigenvalue weighted by Crippen LogP contribution is 2.23.